The maximum absolute atomic E-state index is 12.6. The average molecular weight is 309 g/mol. The van der Waals surface area contributed by atoms with Gasteiger partial charge in [-0.05, 0) is 18.9 Å². The van der Waals surface area contributed by atoms with Crippen molar-refractivity contribution in [2.75, 3.05) is 4.72 Å². The van der Waals surface area contributed by atoms with Crippen LogP contribution in [0.2, 0.25) is 0 Å². The van der Waals surface area contributed by atoms with E-state index >= 15 is 0 Å². The maximum atomic E-state index is 12.6. The van der Waals surface area contributed by atoms with Crippen LogP contribution in [0.4, 0.5) is 18.9 Å². The summed E-state index contributed by atoms with van der Waals surface area (Å²) in [6, 6.07) is 2.04. The minimum absolute atomic E-state index is 0.331. The van der Waals surface area contributed by atoms with Crippen LogP contribution in [0.25, 0.3) is 0 Å². The SMILES string of the molecule is O=S(=O)(Nc1cc(C(F)(F)F)ccc1B(O)O)C1CC1. The van der Waals surface area contributed by atoms with Gasteiger partial charge in [0, 0.05) is 11.2 Å². The van der Waals surface area contributed by atoms with Crippen LogP contribution in [-0.4, -0.2) is 30.8 Å². The zero-order chi connectivity index (χ0) is 15.1. The zero-order valence-corrected chi connectivity index (χ0v) is 10.9. The lowest BCUT2D eigenvalue weighted by atomic mass is 9.78. The maximum Gasteiger partial charge on any atom is 0.490 e. The van der Waals surface area contributed by atoms with Gasteiger partial charge < -0.3 is 10.0 Å². The topological polar surface area (TPSA) is 86.6 Å². The van der Waals surface area contributed by atoms with E-state index in [9.17, 15) is 21.6 Å². The first-order valence-corrected chi connectivity index (χ1v) is 7.25. The van der Waals surface area contributed by atoms with Gasteiger partial charge in [-0.3, -0.25) is 4.72 Å². The summed E-state index contributed by atoms with van der Waals surface area (Å²) in [6.45, 7) is 0. The van der Waals surface area contributed by atoms with Crippen molar-refractivity contribution in [2.24, 2.45) is 0 Å². The number of nitrogens with one attached hydrogen (secondary N) is 1. The monoisotopic (exact) mass is 309 g/mol. The Labute approximate surface area is 113 Å². The molecule has 5 nitrogen and oxygen atoms in total. The third kappa shape index (κ3) is 3.25. The van der Waals surface area contributed by atoms with Gasteiger partial charge in [-0.1, -0.05) is 12.1 Å². The van der Waals surface area contributed by atoms with Gasteiger partial charge in [-0.25, -0.2) is 8.42 Å². The Balaban J connectivity index is 2.42. The summed E-state index contributed by atoms with van der Waals surface area (Å²) in [5, 5.41) is 17.5. The van der Waals surface area contributed by atoms with Crippen molar-refractivity contribution < 1.29 is 31.6 Å². The Hall–Kier alpha value is -1.26. The molecule has 0 atom stereocenters. The van der Waals surface area contributed by atoms with Crippen LogP contribution in [0.1, 0.15) is 18.4 Å². The molecule has 0 unspecified atom stereocenters. The number of rotatable bonds is 4. The molecular formula is C10H11BF3NO4S. The van der Waals surface area contributed by atoms with Crippen molar-refractivity contribution in [3.05, 3.63) is 23.8 Å². The number of sulfonamides is 1. The first-order chi connectivity index (χ1) is 9.11. The van der Waals surface area contributed by atoms with Crippen LogP contribution in [0, 0.1) is 0 Å². The molecule has 0 heterocycles. The summed E-state index contributed by atoms with van der Waals surface area (Å²) in [5.74, 6) is 0. The lowest BCUT2D eigenvalue weighted by Crippen LogP contribution is -2.34. The minimum Gasteiger partial charge on any atom is -0.423 e. The fraction of sp³-hybridized carbons (Fsp3) is 0.400. The van der Waals surface area contributed by atoms with Crippen LogP contribution in [-0.2, 0) is 16.2 Å². The van der Waals surface area contributed by atoms with E-state index in [1.54, 1.807) is 0 Å². The number of benzene rings is 1. The molecule has 0 radical (unpaired) electrons. The van der Waals surface area contributed by atoms with E-state index in [0.29, 0.717) is 25.0 Å². The normalized spacial score (nSPS) is 16.1. The molecule has 0 saturated heterocycles. The second-order valence-electron chi connectivity index (χ2n) is 4.52. The van der Waals surface area contributed by atoms with Crippen LogP contribution in [0.15, 0.2) is 18.2 Å². The quantitative estimate of drug-likeness (QED) is 0.698. The van der Waals surface area contributed by atoms with Gasteiger partial charge in [0.15, 0.2) is 0 Å². The molecule has 3 N–H and O–H groups in total. The van der Waals surface area contributed by atoms with Crippen molar-refractivity contribution in [1.82, 2.24) is 0 Å². The molecule has 1 aromatic carbocycles. The standard InChI is InChI=1S/C10H11BF3NO4S/c12-10(13,14)6-1-4-8(11(16)17)9(5-6)15-20(18,19)7-2-3-7/h1,4-5,7,15-17H,2-3H2. The van der Waals surface area contributed by atoms with Crippen molar-refractivity contribution in [1.29, 1.82) is 0 Å². The van der Waals surface area contributed by atoms with Gasteiger partial charge in [0.1, 0.15) is 0 Å². The highest BCUT2D eigenvalue weighted by Gasteiger charge is 2.37. The fourth-order valence-corrected chi connectivity index (χ4v) is 3.07. The summed E-state index contributed by atoms with van der Waals surface area (Å²) >= 11 is 0. The van der Waals surface area contributed by atoms with Crippen LogP contribution in [0.5, 0.6) is 0 Å². The van der Waals surface area contributed by atoms with Gasteiger partial charge >= 0.3 is 13.3 Å². The molecule has 1 fully saturated rings. The highest BCUT2D eigenvalue weighted by atomic mass is 32.2. The fourth-order valence-electron chi connectivity index (χ4n) is 1.66. The van der Waals surface area contributed by atoms with E-state index in [0.717, 1.165) is 6.07 Å². The molecule has 0 aromatic heterocycles. The van der Waals surface area contributed by atoms with E-state index in [1.165, 1.54) is 0 Å². The highest BCUT2D eigenvalue weighted by Crippen LogP contribution is 2.32. The zero-order valence-electron chi connectivity index (χ0n) is 10.1. The molecule has 10 heteroatoms. The Morgan fingerprint density at radius 1 is 1.25 bits per heavy atom. The molecule has 0 bridgehead atoms. The molecule has 0 aliphatic heterocycles. The van der Waals surface area contributed by atoms with Gasteiger partial charge in [0.2, 0.25) is 10.0 Å². The smallest absolute Gasteiger partial charge is 0.423 e. The van der Waals surface area contributed by atoms with Crippen LogP contribution in [0.3, 0.4) is 0 Å². The molecule has 1 aliphatic carbocycles. The highest BCUT2D eigenvalue weighted by molar-refractivity contribution is 7.93. The van der Waals surface area contributed by atoms with E-state index in [4.69, 9.17) is 10.0 Å². The molecule has 20 heavy (non-hydrogen) atoms. The van der Waals surface area contributed by atoms with E-state index in [-0.39, 0.29) is 5.46 Å². The predicted molar refractivity (Wildman–Crippen MR) is 66.8 cm³/mol. The Morgan fingerprint density at radius 2 is 1.85 bits per heavy atom. The summed E-state index contributed by atoms with van der Waals surface area (Å²) in [5.41, 5.74) is -1.88. The van der Waals surface area contributed by atoms with Gasteiger partial charge in [-0.2, -0.15) is 13.2 Å². The van der Waals surface area contributed by atoms with Crippen molar-refractivity contribution in [3.63, 3.8) is 0 Å². The Morgan fingerprint density at radius 3 is 2.30 bits per heavy atom. The van der Waals surface area contributed by atoms with Crippen molar-refractivity contribution in [2.45, 2.75) is 24.3 Å². The number of halogens is 3. The molecule has 1 aromatic rings. The van der Waals surface area contributed by atoms with Crippen molar-refractivity contribution >= 4 is 28.3 Å². The Bertz CT molecular complexity index is 613. The lowest BCUT2D eigenvalue weighted by molar-refractivity contribution is -0.137. The minimum atomic E-state index is -4.65. The number of alkyl halides is 3. The number of anilines is 1. The first kappa shape index (κ1) is 15.1. The van der Waals surface area contributed by atoms with E-state index in [2.05, 4.69) is 0 Å². The van der Waals surface area contributed by atoms with E-state index in [1.807, 2.05) is 4.72 Å². The van der Waals surface area contributed by atoms with Crippen molar-refractivity contribution in [3.8, 4) is 0 Å². The third-order valence-electron chi connectivity index (χ3n) is 2.87. The second kappa shape index (κ2) is 4.94. The summed E-state index contributed by atoms with van der Waals surface area (Å²) in [4.78, 5) is 0. The summed E-state index contributed by atoms with van der Waals surface area (Å²) in [7, 11) is -5.87. The van der Waals surface area contributed by atoms with Gasteiger partial charge in [0.05, 0.1) is 10.8 Å². The van der Waals surface area contributed by atoms with Crippen LogP contribution < -0.4 is 10.2 Å². The molecule has 0 spiro atoms. The molecule has 2 rings (SSSR count). The summed E-state index contributed by atoms with van der Waals surface area (Å²) in [6.07, 6.45) is -3.78. The molecule has 0 amide bonds. The second-order valence-corrected chi connectivity index (χ2v) is 6.48. The lowest BCUT2D eigenvalue weighted by Gasteiger charge is -2.15. The number of hydrogen-bond donors (Lipinski definition) is 3. The predicted octanol–water partition coefficient (Wildman–Crippen LogP) is 0.289. The Kier molecular flexibility index (Phi) is 3.74. The van der Waals surface area contributed by atoms with Gasteiger partial charge in [0.25, 0.3) is 0 Å². The van der Waals surface area contributed by atoms with E-state index < -0.39 is 39.8 Å². The molecule has 1 saturated carbocycles. The summed E-state index contributed by atoms with van der Waals surface area (Å²) < 4.78 is 63.3. The first-order valence-electron chi connectivity index (χ1n) is 5.70. The average Bonchev–Trinajstić information content (AvgIpc) is 3.10. The largest absolute Gasteiger partial charge is 0.490 e. The molecule has 110 valence electrons. The number of hydrogen-bond acceptors (Lipinski definition) is 4. The van der Waals surface area contributed by atoms with Crippen LogP contribution >= 0.6 is 0 Å². The third-order valence-corrected chi connectivity index (χ3v) is 4.73. The molecule has 1 aliphatic rings. The molecular weight excluding hydrogens is 298 g/mol. The van der Waals surface area contributed by atoms with Gasteiger partial charge in [-0.15, -0.1) is 0 Å².